The number of fused-ring (bicyclic) bond motifs is 2. The molecule has 1 N–H and O–H groups in total. The van der Waals surface area contributed by atoms with Gasteiger partial charge in [-0.25, -0.2) is 9.78 Å². The molecule has 2 aromatic carbocycles. The second-order valence-corrected chi connectivity index (χ2v) is 5.15. The molecule has 0 fully saturated rings. The van der Waals surface area contributed by atoms with Crippen molar-refractivity contribution in [3.63, 3.8) is 0 Å². The summed E-state index contributed by atoms with van der Waals surface area (Å²) in [6.07, 6.45) is 0. The van der Waals surface area contributed by atoms with Crippen LogP contribution in [0.25, 0.3) is 21.8 Å². The fourth-order valence-corrected chi connectivity index (χ4v) is 2.73. The Kier molecular flexibility index (Phi) is 2.71. The summed E-state index contributed by atoms with van der Waals surface area (Å²) in [5, 5.41) is 11.1. The maximum absolute atomic E-state index is 11.7. The quantitative estimate of drug-likeness (QED) is 0.676. The van der Waals surface area contributed by atoms with Gasteiger partial charge in [-0.1, -0.05) is 18.2 Å². The highest BCUT2D eigenvalue weighted by Gasteiger charge is 2.18. The Hall–Kier alpha value is -2.42. The van der Waals surface area contributed by atoms with Crippen LogP contribution in [-0.2, 0) is 0 Å². The van der Waals surface area contributed by atoms with Crippen LogP contribution < -0.4 is 0 Å². The second kappa shape index (κ2) is 4.30. The molecule has 1 aromatic heterocycles. The predicted molar refractivity (Wildman–Crippen MR) is 80.4 cm³/mol. The minimum Gasteiger partial charge on any atom is -0.478 e. The predicted octanol–water partition coefficient (Wildman–Crippen LogP) is 4.01. The Morgan fingerprint density at radius 2 is 1.75 bits per heavy atom. The molecule has 100 valence electrons. The normalized spacial score (nSPS) is 11.2. The Balaban J connectivity index is 2.66. The molecule has 3 nitrogen and oxygen atoms in total. The number of hydrogen-bond acceptors (Lipinski definition) is 2. The number of rotatable bonds is 1. The van der Waals surface area contributed by atoms with E-state index in [4.69, 9.17) is 0 Å². The van der Waals surface area contributed by atoms with Gasteiger partial charge in [-0.3, -0.25) is 0 Å². The van der Waals surface area contributed by atoms with E-state index in [2.05, 4.69) is 4.98 Å². The molecule has 0 amide bonds. The number of carbonyl (C=O) groups is 1. The van der Waals surface area contributed by atoms with Gasteiger partial charge >= 0.3 is 5.97 Å². The molecule has 20 heavy (non-hydrogen) atoms. The van der Waals surface area contributed by atoms with Crippen molar-refractivity contribution in [2.24, 2.45) is 0 Å². The summed E-state index contributed by atoms with van der Waals surface area (Å²) in [7, 11) is 0. The molecule has 0 aliphatic rings. The van der Waals surface area contributed by atoms with Crippen LogP contribution in [0.3, 0.4) is 0 Å². The van der Waals surface area contributed by atoms with E-state index in [-0.39, 0.29) is 0 Å². The zero-order valence-electron chi connectivity index (χ0n) is 11.7. The summed E-state index contributed by atoms with van der Waals surface area (Å²) in [4.78, 5) is 16.4. The number of aryl methyl sites for hydroxylation is 2. The first-order valence-electron chi connectivity index (χ1n) is 6.53. The zero-order chi connectivity index (χ0) is 14.4. The first-order chi connectivity index (χ1) is 9.50. The van der Waals surface area contributed by atoms with E-state index in [1.807, 2.05) is 51.1 Å². The zero-order valence-corrected chi connectivity index (χ0v) is 11.7. The number of carboxylic acids is 1. The van der Waals surface area contributed by atoms with Crippen molar-refractivity contribution in [1.82, 2.24) is 4.98 Å². The molecule has 0 radical (unpaired) electrons. The van der Waals surface area contributed by atoms with E-state index in [0.29, 0.717) is 10.9 Å². The van der Waals surface area contributed by atoms with E-state index in [9.17, 15) is 9.90 Å². The van der Waals surface area contributed by atoms with Gasteiger partial charge in [0.2, 0.25) is 0 Å². The first kappa shape index (κ1) is 12.6. The number of benzene rings is 2. The molecule has 0 atom stereocenters. The smallest absolute Gasteiger partial charge is 0.337 e. The van der Waals surface area contributed by atoms with Crippen LogP contribution in [0.15, 0.2) is 30.3 Å². The lowest BCUT2D eigenvalue weighted by atomic mass is 9.94. The Morgan fingerprint density at radius 3 is 2.45 bits per heavy atom. The third-order valence-corrected chi connectivity index (χ3v) is 4.02. The highest BCUT2D eigenvalue weighted by molar-refractivity contribution is 6.14. The van der Waals surface area contributed by atoms with Gasteiger partial charge in [-0.05, 0) is 49.6 Å². The number of carboxylic acid groups (broad SMARTS) is 1. The van der Waals surface area contributed by atoms with Crippen molar-refractivity contribution in [2.75, 3.05) is 0 Å². The second-order valence-electron chi connectivity index (χ2n) is 5.15. The maximum Gasteiger partial charge on any atom is 0.337 e. The third kappa shape index (κ3) is 1.67. The minimum atomic E-state index is -0.903. The fraction of sp³-hybridized carbons (Fsp3) is 0.176. The average molecular weight is 265 g/mol. The molecule has 0 unspecified atom stereocenters. The van der Waals surface area contributed by atoms with E-state index in [0.717, 1.165) is 33.1 Å². The lowest BCUT2D eigenvalue weighted by molar-refractivity contribution is 0.0701. The van der Waals surface area contributed by atoms with E-state index < -0.39 is 5.97 Å². The standard InChI is InChI=1S/C17H15NO2/c1-9-8-14-15(11(3)10(9)2)16(17(19)20)12-6-4-5-7-13(12)18-14/h4-8H,1-3H3,(H,19,20). The molecular weight excluding hydrogens is 250 g/mol. The van der Waals surface area contributed by atoms with Crippen LogP contribution in [0.1, 0.15) is 27.0 Å². The van der Waals surface area contributed by atoms with Crippen molar-refractivity contribution < 1.29 is 9.90 Å². The van der Waals surface area contributed by atoms with Crippen LogP contribution in [0.5, 0.6) is 0 Å². The number of hydrogen-bond donors (Lipinski definition) is 1. The number of para-hydroxylation sites is 1. The summed E-state index contributed by atoms with van der Waals surface area (Å²) in [5.74, 6) is -0.903. The van der Waals surface area contributed by atoms with Crippen molar-refractivity contribution in [3.05, 3.63) is 52.6 Å². The Morgan fingerprint density at radius 1 is 1.05 bits per heavy atom. The van der Waals surface area contributed by atoms with Gasteiger partial charge in [0, 0.05) is 10.8 Å². The molecule has 3 aromatic rings. The number of aromatic nitrogens is 1. The summed E-state index contributed by atoms with van der Waals surface area (Å²) in [6, 6.07) is 9.36. The van der Waals surface area contributed by atoms with Gasteiger partial charge in [0.05, 0.1) is 16.6 Å². The molecule has 0 saturated heterocycles. The lowest BCUT2D eigenvalue weighted by Gasteiger charge is -2.13. The van der Waals surface area contributed by atoms with Crippen molar-refractivity contribution in [1.29, 1.82) is 0 Å². The van der Waals surface area contributed by atoms with Crippen molar-refractivity contribution in [3.8, 4) is 0 Å². The molecule has 3 rings (SSSR count). The molecule has 3 heteroatoms. The minimum absolute atomic E-state index is 0.353. The number of nitrogens with zero attached hydrogens (tertiary/aromatic N) is 1. The largest absolute Gasteiger partial charge is 0.478 e. The number of aromatic carboxylic acids is 1. The summed E-state index contributed by atoms with van der Waals surface area (Å²) in [6.45, 7) is 6.01. The third-order valence-electron chi connectivity index (χ3n) is 4.02. The van der Waals surface area contributed by atoms with E-state index in [1.54, 1.807) is 0 Å². The summed E-state index contributed by atoms with van der Waals surface area (Å²) < 4.78 is 0. The van der Waals surface area contributed by atoms with Crippen LogP contribution in [0, 0.1) is 20.8 Å². The van der Waals surface area contributed by atoms with Crippen LogP contribution in [0.2, 0.25) is 0 Å². The fourth-order valence-electron chi connectivity index (χ4n) is 2.73. The van der Waals surface area contributed by atoms with Crippen LogP contribution in [0.4, 0.5) is 0 Å². The molecule has 0 spiro atoms. The van der Waals surface area contributed by atoms with Gasteiger partial charge in [-0.2, -0.15) is 0 Å². The van der Waals surface area contributed by atoms with Gasteiger partial charge in [-0.15, -0.1) is 0 Å². The van der Waals surface area contributed by atoms with Crippen LogP contribution in [-0.4, -0.2) is 16.1 Å². The lowest BCUT2D eigenvalue weighted by Crippen LogP contribution is -2.03. The molecule has 1 heterocycles. The van der Waals surface area contributed by atoms with Gasteiger partial charge < -0.3 is 5.11 Å². The monoisotopic (exact) mass is 265 g/mol. The van der Waals surface area contributed by atoms with E-state index in [1.165, 1.54) is 0 Å². The molecule has 0 saturated carbocycles. The molecule has 0 aliphatic heterocycles. The Labute approximate surface area is 116 Å². The topological polar surface area (TPSA) is 50.2 Å². The van der Waals surface area contributed by atoms with Gasteiger partial charge in [0.1, 0.15) is 0 Å². The van der Waals surface area contributed by atoms with Crippen LogP contribution >= 0.6 is 0 Å². The highest BCUT2D eigenvalue weighted by Crippen LogP contribution is 2.31. The molecule has 0 bridgehead atoms. The highest BCUT2D eigenvalue weighted by atomic mass is 16.4. The average Bonchev–Trinajstić information content (AvgIpc) is 2.42. The first-order valence-corrected chi connectivity index (χ1v) is 6.53. The van der Waals surface area contributed by atoms with E-state index >= 15 is 0 Å². The summed E-state index contributed by atoms with van der Waals surface area (Å²) in [5.41, 5.74) is 5.08. The maximum atomic E-state index is 11.7. The molecule has 0 aliphatic carbocycles. The summed E-state index contributed by atoms with van der Waals surface area (Å²) >= 11 is 0. The van der Waals surface area contributed by atoms with Crippen molar-refractivity contribution >= 4 is 27.8 Å². The molecular formula is C17H15NO2. The number of pyridine rings is 1. The SMILES string of the molecule is Cc1cc2nc3ccccc3c(C(=O)O)c2c(C)c1C. The Bertz CT molecular complexity index is 866. The van der Waals surface area contributed by atoms with Gasteiger partial charge in [0.25, 0.3) is 0 Å². The van der Waals surface area contributed by atoms with Gasteiger partial charge in [0.15, 0.2) is 0 Å². The van der Waals surface area contributed by atoms with Crippen molar-refractivity contribution in [2.45, 2.75) is 20.8 Å².